The van der Waals surface area contributed by atoms with Gasteiger partial charge in [0.25, 0.3) is 5.56 Å². The number of hydrogen-bond acceptors (Lipinski definition) is 7. The standard InChI is InChI=1S/C27H25FN2O6/c1-15-10-11-19(20(28)14-15)22(18-8-6-5-7-9-18)17(3)35-26(32)16(2)30-25(31)23-24(36-27(30)33)21(34-4)12-13-29-23/h5-14,16-17,22H,1-4H3/t16-,17-,22+/m0/s1. The Hall–Kier alpha value is -4.27. The molecule has 186 valence electrons. The summed E-state index contributed by atoms with van der Waals surface area (Å²) in [6, 6.07) is 14.1. The molecule has 0 fully saturated rings. The Bertz CT molecular complexity index is 1530. The second kappa shape index (κ2) is 10.2. The number of methoxy groups -OCH3 is 1. The van der Waals surface area contributed by atoms with E-state index in [9.17, 15) is 18.8 Å². The first-order valence-electron chi connectivity index (χ1n) is 11.3. The maximum absolute atomic E-state index is 15.0. The molecule has 4 aromatic rings. The number of ether oxygens (including phenoxy) is 2. The largest absolute Gasteiger partial charge is 0.493 e. The Morgan fingerprint density at radius 1 is 1.08 bits per heavy atom. The molecule has 0 aliphatic heterocycles. The van der Waals surface area contributed by atoms with Gasteiger partial charge >= 0.3 is 11.7 Å². The zero-order chi connectivity index (χ0) is 26.0. The number of fused-ring (bicyclic) bond motifs is 1. The van der Waals surface area contributed by atoms with Crippen molar-refractivity contribution in [2.45, 2.75) is 38.8 Å². The lowest BCUT2D eigenvalue weighted by atomic mass is 9.86. The molecule has 3 atom stereocenters. The summed E-state index contributed by atoms with van der Waals surface area (Å²) in [5, 5.41) is 0. The van der Waals surface area contributed by atoms with Crippen molar-refractivity contribution in [3.63, 3.8) is 0 Å². The summed E-state index contributed by atoms with van der Waals surface area (Å²) in [7, 11) is 1.36. The number of benzene rings is 2. The monoisotopic (exact) mass is 492 g/mol. The van der Waals surface area contributed by atoms with Crippen molar-refractivity contribution < 1.29 is 23.1 Å². The molecule has 0 bridgehead atoms. The van der Waals surface area contributed by atoms with Gasteiger partial charge in [-0.3, -0.25) is 4.79 Å². The third-order valence-electron chi connectivity index (χ3n) is 6.05. The van der Waals surface area contributed by atoms with Crippen LogP contribution in [0.4, 0.5) is 4.39 Å². The van der Waals surface area contributed by atoms with Gasteiger partial charge in [-0.25, -0.2) is 23.5 Å². The van der Waals surface area contributed by atoms with Gasteiger partial charge in [-0.05, 0) is 43.5 Å². The molecule has 9 heteroatoms. The van der Waals surface area contributed by atoms with Crippen LogP contribution in [0, 0.1) is 12.7 Å². The summed E-state index contributed by atoms with van der Waals surface area (Å²) in [6.45, 7) is 4.77. The summed E-state index contributed by atoms with van der Waals surface area (Å²) in [5.41, 5.74) is 0.769. The molecule has 2 heterocycles. The van der Waals surface area contributed by atoms with Crippen LogP contribution in [0.25, 0.3) is 11.1 Å². The number of aromatic nitrogens is 2. The van der Waals surface area contributed by atoms with Gasteiger partial charge in [-0.1, -0.05) is 42.5 Å². The molecule has 36 heavy (non-hydrogen) atoms. The molecule has 4 rings (SSSR count). The number of carbonyl (C=O) groups excluding carboxylic acids is 1. The molecule has 0 N–H and O–H groups in total. The number of rotatable bonds is 7. The zero-order valence-corrected chi connectivity index (χ0v) is 20.2. The smallest absolute Gasteiger partial charge is 0.423 e. The van der Waals surface area contributed by atoms with Gasteiger partial charge in [0, 0.05) is 18.2 Å². The second-order valence-electron chi connectivity index (χ2n) is 8.47. The van der Waals surface area contributed by atoms with E-state index in [0.29, 0.717) is 10.1 Å². The summed E-state index contributed by atoms with van der Waals surface area (Å²) in [5.74, 6) is -2.80. The van der Waals surface area contributed by atoms with E-state index in [4.69, 9.17) is 13.9 Å². The Morgan fingerprint density at radius 2 is 1.81 bits per heavy atom. The molecule has 0 saturated heterocycles. The Labute approximate surface area is 205 Å². The van der Waals surface area contributed by atoms with E-state index in [1.165, 1.54) is 32.4 Å². The van der Waals surface area contributed by atoms with Crippen LogP contribution in [-0.2, 0) is 9.53 Å². The summed E-state index contributed by atoms with van der Waals surface area (Å²) in [4.78, 5) is 42.8. The van der Waals surface area contributed by atoms with Crippen LogP contribution < -0.4 is 16.1 Å². The van der Waals surface area contributed by atoms with Crippen LogP contribution in [0.1, 0.15) is 42.5 Å². The molecule has 0 saturated carbocycles. The number of carbonyl (C=O) groups is 1. The number of aryl methyl sites for hydroxylation is 1. The first-order valence-corrected chi connectivity index (χ1v) is 11.3. The molecule has 0 aliphatic rings. The van der Waals surface area contributed by atoms with Crippen molar-refractivity contribution in [1.82, 2.24) is 9.55 Å². The van der Waals surface area contributed by atoms with E-state index < -0.39 is 41.2 Å². The molecule has 0 radical (unpaired) electrons. The molecule has 2 aromatic heterocycles. The second-order valence-corrected chi connectivity index (χ2v) is 8.47. The third kappa shape index (κ3) is 4.64. The minimum atomic E-state index is -1.33. The Balaban J connectivity index is 1.69. The van der Waals surface area contributed by atoms with Crippen molar-refractivity contribution in [2.24, 2.45) is 0 Å². The number of halogens is 1. The lowest BCUT2D eigenvalue weighted by Gasteiger charge is -2.27. The first kappa shape index (κ1) is 24.8. The van der Waals surface area contributed by atoms with Gasteiger partial charge < -0.3 is 13.9 Å². The molecule has 0 aliphatic carbocycles. The lowest BCUT2D eigenvalue weighted by molar-refractivity contribution is -0.152. The molecular formula is C27H25FN2O6. The summed E-state index contributed by atoms with van der Waals surface area (Å²) in [6.07, 6.45) is 0.499. The molecule has 2 aromatic carbocycles. The van der Waals surface area contributed by atoms with Gasteiger partial charge in [0.2, 0.25) is 5.58 Å². The highest BCUT2D eigenvalue weighted by Crippen LogP contribution is 2.32. The molecule has 0 unspecified atom stereocenters. The van der Waals surface area contributed by atoms with Crippen LogP contribution in [0.15, 0.2) is 74.8 Å². The molecule has 8 nitrogen and oxygen atoms in total. The van der Waals surface area contributed by atoms with E-state index in [-0.39, 0.29) is 16.8 Å². The minimum Gasteiger partial charge on any atom is -0.493 e. The Kier molecular flexibility index (Phi) is 7.00. The van der Waals surface area contributed by atoms with E-state index in [1.807, 2.05) is 30.3 Å². The van der Waals surface area contributed by atoms with Crippen molar-refractivity contribution in [2.75, 3.05) is 7.11 Å². The van der Waals surface area contributed by atoms with Crippen LogP contribution in [0.2, 0.25) is 0 Å². The van der Waals surface area contributed by atoms with Crippen molar-refractivity contribution >= 4 is 17.1 Å². The first-order chi connectivity index (χ1) is 17.2. The molecule has 0 spiro atoms. The topological polar surface area (TPSA) is 101 Å². The van der Waals surface area contributed by atoms with Crippen molar-refractivity contribution in [3.8, 4) is 5.75 Å². The van der Waals surface area contributed by atoms with Gasteiger partial charge in [-0.15, -0.1) is 0 Å². The third-order valence-corrected chi connectivity index (χ3v) is 6.05. The number of nitrogens with zero attached hydrogens (tertiary/aromatic N) is 2. The maximum Gasteiger partial charge on any atom is 0.423 e. The van der Waals surface area contributed by atoms with Crippen molar-refractivity contribution in [3.05, 3.63) is 104 Å². The fraction of sp³-hybridized carbons (Fsp3) is 0.259. The lowest BCUT2D eigenvalue weighted by Crippen LogP contribution is -2.40. The van der Waals surface area contributed by atoms with E-state index >= 15 is 0 Å². The summed E-state index contributed by atoms with van der Waals surface area (Å²) < 4.78 is 31.7. The maximum atomic E-state index is 15.0. The minimum absolute atomic E-state index is 0.112. The van der Waals surface area contributed by atoms with Crippen LogP contribution in [0.5, 0.6) is 5.75 Å². The average Bonchev–Trinajstić information content (AvgIpc) is 2.85. The normalized spacial score (nSPS) is 13.7. The van der Waals surface area contributed by atoms with Gasteiger partial charge in [-0.2, -0.15) is 0 Å². The average molecular weight is 493 g/mol. The number of esters is 1. The molecular weight excluding hydrogens is 467 g/mol. The van der Waals surface area contributed by atoms with Crippen LogP contribution in [-0.4, -0.2) is 28.7 Å². The summed E-state index contributed by atoms with van der Waals surface area (Å²) >= 11 is 0. The van der Waals surface area contributed by atoms with E-state index in [2.05, 4.69) is 4.98 Å². The zero-order valence-electron chi connectivity index (χ0n) is 20.2. The Morgan fingerprint density at radius 3 is 2.47 bits per heavy atom. The van der Waals surface area contributed by atoms with Gasteiger partial charge in [0.1, 0.15) is 18.0 Å². The van der Waals surface area contributed by atoms with Gasteiger partial charge in [0.05, 0.1) is 7.11 Å². The predicted molar refractivity (Wildman–Crippen MR) is 131 cm³/mol. The number of hydrogen-bond donors (Lipinski definition) is 0. The molecule has 0 amide bonds. The predicted octanol–water partition coefficient (Wildman–Crippen LogP) is 4.13. The van der Waals surface area contributed by atoms with E-state index in [0.717, 1.165) is 11.1 Å². The highest BCUT2D eigenvalue weighted by atomic mass is 19.1. The number of pyridine rings is 1. The van der Waals surface area contributed by atoms with Crippen LogP contribution >= 0.6 is 0 Å². The van der Waals surface area contributed by atoms with Crippen molar-refractivity contribution in [1.29, 1.82) is 0 Å². The highest BCUT2D eigenvalue weighted by molar-refractivity contribution is 5.78. The van der Waals surface area contributed by atoms with Gasteiger partial charge in [0.15, 0.2) is 11.3 Å². The highest BCUT2D eigenvalue weighted by Gasteiger charge is 2.31. The van der Waals surface area contributed by atoms with Crippen LogP contribution in [0.3, 0.4) is 0 Å². The quantitative estimate of drug-likeness (QED) is 0.358. The van der Waals surface area contributed by atoms with E-state index in [1.54, 1.807) is 26.0 Å². The fourth-order valence-corrected chi connectivity index (χ4v) is 4.21. The fourth-order valence-electron chi connectivity index (χ4n) is 4.21. The SMILES string of the molecule is COc1ccnc2c(=O)n([C@@H](C)C(=O)O[C@@H](C)[C@H](c3ccccc3)c3ccc(C)cc3F)c(=O)oc12.